The van der Waals surface area contributed by atoms with E-state index in [1.807, 2.05) is 0 Å². The quantitative estimate of drug-likeness (QED) is 0.643. The molecule has 0 heterocycles. The normalized spacial score (nSPS) is 27.9. The third-order valence-electron chi connectivity index (χ3n) is 3.47. The largest absolute Gasteiger partial charge is 0.330 e. The van der Waals surface area contributed by atoms with Crippen molar-refractivity contribution >= 4 is 0 Å². The van der Waals surface area contributed by atoms with E-state index in [0.29, 0.717) is 0 Å². The lowest BCUT2D eigenvalue weighted by atomic mass is 9.83. The summed E-state index contributed by atoms with van der Waals surface area (Å²) in [6.07, 6.45) is 9.44. The summed E-state index contributed by atoms with van der Waals surface area (Å²) in [4.78, 5) is 0. The van der Waals surface area contributed by atoms with Crippen LogP contribution in [-0.2, 0) is 0 Å². The average molecular weight is 198 g/mol. The van der Waals surface area contributed by atoms with Crippen molar-refractivity contribution in [2.45, 2.75) is 57.9 Å². The third kappa shape index (κ3) is 3.97. The summed E-state index contributed by atoms with van der Waals surface area (Å²) in [5, 5.41) is 3.70. The van der Waals surface area contributed by atoms with Crippen LogP contribution in [0.1, 0.15) is 51.9 Å². The highest BCUT2D eigenvalue weighted by molar-refractivity contribution is 4.79. The van der Waals surface area contributed by atoms with Crippen molar-refractivity contribution in [3.05, 3.63) is 0 Å². The van der Waals surface area contributed by atoms with Crippen LogP contribution in [-0.4, -0.2) is 19.1 Å². The van der Waals surface area contributed by atoms with Crippen molar-refractivity contribution in [3.8, 4) is 0 Å². The summed E-state index contributed by atoms with van der Waals surface area (Å²) in [6.45, 7) is 4.33. The highest BCUT2D eigenvalue weighted by Crippen LogP contribution is 2.26. The number of rotatable bonds is 6. The standard InChI is InChI=1S/C12H26N2/c1-2-11-7-3-4-8-12(11)14-10-6-5-9-13/h11-12,14H,2-10,13H2,1H3. The van der Waals surface area contributed by atoms with Gasteiger partial charge in [0, 0.05) is 6.04 Å². The summed E-state index contributed by atoms with van der Waals surface area (Å²) >= 11 is 0. The summed E-state index contributed by atoms with van der Waals surface area (Å²) in [5.41, 5.74) is 5.47. The van der Waals surface area contributed by atoms with E-state index in [1.165, 1.54) is 45.1 Å². The van der Waals surface area contributed by atoms with Crippen LogP contribution in [0.15, 0.2) is 0 Å². The lowest BCUT2D eigenvalue weighted by Crippen LogP contribution is -2.38. The van der Waals surface area contributed by atoms with Gasteiger partial charge < -0.3 is 11.1 Å². The molecule has 1 rings (SSSR count). The first kappa shape index (κ1) is 12.0. The van der Waals surface area contributed by atoms with E-state index >= 15 is 0 Å². The molecule has 1 aliphatic rings. The molecule has 0 amide bonds. The molecule has 0 spiro atoms. The minimum atomic E-state index is 0.798. The molecular formula is C12H26N2. The van der Waals surface area contributed by atoms with Gasteiger partial charge in [-0.25, -0.2) is 0 Å². The minimum absolute atomic E-state index is 0.798. The van der Waals surface area contributed by atoms with E-state index in [1.54, 1.807) is 0 Å². The molecule has 0 radical (unpaired) electrons. The number of hydrogen-bond acceptors (Lipinski definition) is 2. The lowest BCUT2D eigenvalue weighted by molar-refractivity contribution is 0.255. The van der Waals surface area contributed by atoms with Gasteiger partial charge in [-0.05, 0) is 44.7 Å². The summed E-state index contributed by atoms with van der Waals surface area (Å²) in [7, 11) is 0. The van der Waals surface area contributed by atoms with Crippen LogP contribution in [0, 0.1) is 5.92 Å². The third-order valence-corrected chi connectivity index (χ3v) is 3.47. The second kappa shape index (κ2) is 7.24. The fraction of sp³-hybridized carbons (Fsp3) is 1.00. The second-order valence-electron chi connectivity index (χ2n) is 4.51. The summed E-state index contributed by atoms with van der Waals surface area (Å²) in [5.74, 6) is 0.932. The molecule has 2 heteroatoms. The first-order valence-electron chi connectivity index (χ1n) is 6.32. The Morgan fingerprint density at radius 3 is 2.71 bits per heavy atom. The molecule has 2 unspecified atom stereocenters. The second-order valence-corrected chi connectivity index (χ2v) is 4.51. The number of unbranched alkanes of at least 4 members (excludes halogenated alkanes) is 1. The highest BCUT2D eigenvalue weighted by atomic mass is 14.9. The summed E-state index contributed by atoms with van der Waals surface area (Å²) < 4.78 is 0. The maximum Gasteiger partial charge on any atom is 0.00952 e. The van der Waals surface area contributed by atoms with Gasteiger partial charge in [-0.3, -0.25) is 0 Å². The Balaban J connectivity index is 2.13. The molecule has 2 nitrogen and oxygen atoms in total. The van der Waals surface area contributed by atoms with Crippen LogP contribution in [0.4, 0.5) is 0 Å². The zero-order valence-electron chi connectivity index (χ0n) is 9.60. The van der Waals surface area contributed by atoms with Crippen molar-refractivity contribution in [1.29, 1.82) is 0 Å². The Morgan fingerprint density at radius 1 is 1.21 bits per heavy atom. The number of hydrogen-bond donors (Lipinski definition) is 2. The molecule has 3 N–H and O–H groups in total. The lowest BCUT2D eigenvalue weighted by Gasteiger charge is -2.31. The fourth-order valence-electron chi connectivity index (χ4n) is 2.52. The van der Waals surface area contributed by atoms with Crippen LogP contribution in [0.5, 0.6) is 0 Å². The van der Waals surface area contributed by atoms with E-state index < -0.39 is 0 Å². The van der Waals surface area contributed by atoms with E-state index in [-0.39, 0.29) is 0 Å². The maximum atomic E-state index is 5.47. The van der Waals surface area contributed by atoms with Gasteiger partial charge in [-0.1, -0.05) is 26.2 Å². The molecule has 1 fully saturated rings. The Kier molecular flexibility index (Phi) is 6.20. The van der Waals surface area contributed by atoms with Crippen LogP contribution in [0.3, 0.4) is 0 Å². The molecule has 0 aliphatic heterocycles. The molecule has 0 aromatic rings. The first-order chi connectivity index (χ1) is 6.88. The van der Waals surface area contributed by atoms with Gasteiger partial charge in [0.2, 0.25) is 0 Å². The van der Waals surface area contributed by atoms with Crippen molar-refractivity contribution in [3.63, 3.8) is 0 Å². The topological polar surface area (TPSA) is 38.0 Å². The predicted molar refractivity (Wildman–Crippen MR) is 62.3 cm³/mol. The zero-order chi connectivity index (χ0) is 10.2. The van der Waals surface area contributed by atoms with Crippen molar-refractivity contribution in [2.75, 3.05) is 13.1 Å². The molecule has 0 aromatic heterocycles. The predicted octanol–water partition coefficient (Wildman–Crippen LogP) is 2.28. The van der Waals surface area contributed by atoms with Crippen molar-refractivity contribution in [1.82, 2.24) is 5.32 Å². The van der Waals surface area contributed by atoms with Crippen molar-refractivity contribution in [2.24, 2.45) is 11.7 Å². The summed E-state index contributed by atoms with van der Waals surface area (Å²) in [6, 6.07) is 0.798. The van der Waals surface area contributed by atoms with E-state index in [2.05, 4.69) is 12.2 Å². The van der Waals surface area contributed by atoms with Gasteiger partial charge in [0.1, 0.15) is 0 Å². The molecule has 0 saturated heterocycles. The smallest absolute Gasteiger partial charge is 0.00952 e. The van der Waals surface area contributed by atoms with Gasteiger partial charge >= 0.3 is 0 Å². The van der Waals surface area contributed by atoms with Gasteiger partial charge in [-0.2, -0.15) is 0 Å². The minimum Gasteiger partial charge on any atom is -0.330 e. The molecule has 0 bridgehead atoms. The fourth-order valence-corrected chi connectivity index (χ4v) is 2.52. The highest BCUT2D eigenvalue weighted by Gasteiger charge is 2.22. The molecule has 0 aromatic carbocycles. The Morgan fingerprint density at radius 2 is 2.00 bits per heavy atom. The monoisotopic (exact) mass is 198 g/mol. The SMILES string of the molecule is CCC1CCCCC1NCCCCN. The van der Waals surface area contributed by atoms with Gasteiger partial charge in [0.25, 0.3) is 0 Å². The number of nitrogens with two attached hydrogens (primary N) is 1. The van der Waals surface area contributed by atoms with Crippen LogP contribution in [0.25, 0.3) is 0 Å². The molecule has 1 aliphatic carbocycles. The van der Waals surface area contributed by atoms with Gasteiger partial charge in [0.05, 0.1) is 0 Å². The van der Waals surface area contributed by atoms with Crippen LogP contribution in [0.2, 0.25) is 0 Å². The number of nitrogens with one attached hydrogen (secondary N) is 1. The first-order valence-corrected chi connectivity index (χ1v) is 6.32. The Labute approximate surface area is 88.6 Å². The van der Waals surface area contributed by atoms with Gasteiger partial charge in [0.15, 0.2) is 0 Å². The molecular weight excluding hydrogens is 172 g/mol. The zero-order valence-corrected chi connectivity index (χ0v) is 9.60. The van der Waals surface area contributed by atoms with E-state index in [0.717, 1.165) is 24.9 Å². The van der Waals surface area contributed by atoms with E-state index in [4.69, 9.17) is 5.73 Å². The van der Waals surface area contributed by atoms with Gasteiger partial charge in [-0.15, -0.1) is 0 Å². The van der Waals surface area contributed by atoms with Crippen LogP contribution < -0.4 is 11.1 Å². The molecule has 2 atom stereocenters. The Hall–Kier alpha value is -0.0800. The molecule has 1 saturated carbocycles. The average Bonchev–Trinajstić information content (AvgIpc) is 2.25. The van der Waals surface area contributed by atoms with E-state index in [9.17, 15) is 0 Å². The Bertz CT molecular complexity index is 136. The molecule has 84 valence electrons. The van der Waals surface area contributed by atoms with Crippen molar-refractivity contribution < 1.29 is 0 Å². The maximum absolute atomic E-state index is 5.47. The molecule has 14 heavy (non-hydrogen) atoms. The van der Waals surface area contributed by atoms with Crippen LogP contribution >= 0.6 is 0 Å².